The highest BCUT2D eigenvalue weighted by Gasteiger charge is 2.38. The molecule has 7 aromatic rings. The minimum absolute atomic E-state index is 0.0138. The first-order chi connectivity index (χ1) is 19.9. The maximum absolute atomic E-state index is 13.5. The predicted octanol–water partition coefficient (Wildman–Crippen LogP) is 3.19. The highest BCUT2D eigenvalue weighted by molar-refractivity contribution is 7.86. The lowest BCUT2D eigenvalue weighted by atomic mass is 10.1. The van der Waals surface area contributed by atoms with Crippen LogP contribution in [0.5, 0.6) is 0 Å². The van der Waals surface area contributed by atoms with Gasteiger partial charge in [-0.1, -0.05) is 42.5 Å². The van der Waals surface area contributed by atoms with Crippen LogP contribution in [0, 0.1) is 7.14 Å². The van der Waals surface area contributed by atoms with Gasteiger partial charge >= 0.3 is 30.4 Å². The Morgan fingerprint density at radius 3 is 1.46 bits per heavy atom. The summed E-state index contributed by atoms with van der Waals surface area (Å²) in [5, 5.41) is 1.47. The SMILES string of the molecule is O=c1c2ccccc2oc2ccc([I+](OS(=O)(=O)c3ccccc3)c3ccc4oc5ccccc5c(=O)c4c3)cc12. The van der Waals surface area contributed by atoms with Crippen molar-refractivity contribution in [2.75, 3.05) is 0 Å². The third-order valence-electron chi connectivity index (χ3n) is 6.65. The lowest BCUT2D eigenvalue weighted by molar-refractivity contribution is -1.03. The predicted molar refractivity (Wildman–Crippen MR) is 152 cm³/mol. The molecule has 0 aliphatic carbocycles. The van der Waals surface area contributed by atoms with Crippen molar-refractivity contribution >= 4 is 54.0 Å². The van der Waals surface area contributed by atoms with E-state index in [2.05, 4.69) is 0 Å². The Balaban J connectivity index is 1.45. The Bertz CT molecular complexity index is 2230. The Hall–Kier alpha value is -4.32. The summed E-state index contributed by atoms with van der Waals surface area (Å²) in [6.07, 6.45) is 0. The summed E-state index contributed by atoms with van der Waals surface area (Å²) in [6.45, 7) is 0. The second kappa shape index (κ2) is 9.95. The summed E-state index contributed by atoms with van der Waals surface area (Å²) in [7, 11) is -4.19. The van der Waals surface area contributed by atoms with Gasteiger partial charge in [-0.25, -0.2) is 0 Å². The zero-order chi connectivity index (χ0) is 28.1. The second-order valence-electron chi connectivity index (χ2n) is 9.21. The first kappa shape index (κ1) is 25.6. The average molecular weight is 674 g/mol. The van der Waals surface area contributed by atoms with E-state index in [1.54, 1.807) is 103 Å². The van der Waals surface area contributed by atoms with Gasteiger partial charge in [0.1, 0.15) is 22.3 Å². The molecule has 1 radical (unpaired) electrons. The molecule has 7 nitrogen and oxygen atoms in total. The molecule has 41 heavy (non-hydrogen) atoms. The summed E-state index contributed by atoms with van der Waals surface area (Å²) in [5.74, 6) is 0. The van der Waals surface area contributed by atoms with E-state index in [1.807, 2.05) is 0 Å². The van der Waals surface area contributed by atoms with Crippen molar-refractivity contribution in [3.63, 3.8) is 0 Å². The van der Waals surface area contributed by atoms with E-state index in [-0.39, 0.29) is 15.8 Å². The summed E-state index contributed by atoms with van der Waals surface area (Å²) in [6, 6.07) is 31.8. The molecular weight excluding hydrogens is 655 g/mol. The molecule has 0 aliphatic heterocycles. The van der Waals surface area contributed by atoms with Crippen LogP contribution in [-0.2, 0) is 12.6 Å². The number of benzene rings is 5. The van der Waals surface area contributed by atoms with Gasteiger partial charge in [0.2, 0.25) is 10.9 Å². The number of halogens is 1. The van der Waals surface area contributed by atoms with Crippen LogP contribution in [0.15, 0.2) is 139 Å². The molecule has 0 fully saturated rings. The van der Waals surface area contributed by atoms with Crippen molar-refractivity contribution in [1.82, 2.24) is 0 Å². The van der Waals surface area contributed by atoms with Crippen LogP contribution in [-0.4, -0.2) is 8.42 Å². The van der Waals surface area contributed by atoms with Crippen molar-refractivity contribution in [3.8, 4) is 0 Å². The van der Waals surface area contributed by atoms with E-state index in [0.29, 0.717) is 51.0 Å². The van der Waals surface area contributed by atoms with Gasteiger partial charge in [0, 0.05) is 12.1 Å². The third kappa shape index (κ3) is 4.51. The minimum atomic E-state index is -4.19. The molecule has 0 bridgehead atoms. The molecule has 5 aromatic carbocycles. The quantitative estimate of drug-likeness (QED) is 0.204. The van der Waals surface area contributed by atoms with Crippen LogP contribution in [0.25, 0.3) is 43.9 Å². The first-order valence-electron chi connectivity index (χ1n) is 12.5. The lowest BCUT2D eigenvalue weighted by Gasteiger charge is -2.08. The Morgan fingerprint density at radius 2 is 0.951 bits per heavy atom. The Morgan fingerprint density at radius 1 is 0.512 bits per heavy atom. The number of rotatable bonds is 5. The van der Waals surface area contributed by atoms with Gasteiger partial charge in [0.05, 0.1) is 26.4 Å². The van der Waals surface area contributed by atoms with Crippen molar-refractivity contribution in [3.05, 3.63) is 143 Å². The van der Waals surface area contributed by atoms with Gasteiger partial charge in [0.25, 0.3) is 0 Å². The van der Waals surface area contributed by atoms with Crippen LogP contribution in [0.3, 0.4) is 0 Å². The molecule has 9 heteroatoms. The van der Waals surface area contributed by atoms with Gasteiger partial charge in [-0.15, -0.1) is 0 Å². The van der Waals surface area contributed by atoms with Crippen LogP contribution in [0.4, 0.5) is 0 Å². The molecule has 7 rings (SSSR count). The second-order valence-corrected chi connectivity index (χ2v) is 15.7. The molecule has 0 unspecified atom stereocenters. The van der Waals surface area contributed by atoms with Crippen molar-refractivity contribution in [2.45, 2.75) is 4.90 Å². The molecule has 0 saturated heterocycles. The number of para-hydroxylation sites is 2. The van der Waals surface area contributed by atoms with Gasteiger partial charge in [0.15, 0.2) is 7.14 Å². The van der Waals surface area contributed by atoms with Gasteiger partial charge in [-0.3, -0.25) is 9.59 Å². The van der Waals surface area contributed by atoms with Gasteiger partial charge < -0.3 is 8.83 Å². The van der Waals surface area contributed by atoms with E-state index >= 15 is 0 Å². The fraction of sp³-hybridized carbons (Fsp3) is 0. The molecule has 0 atom stereocenters. The van der Waals surface area contributed by atoms with E-state index < -0.39 is 30.4 Å². The van der Waals surface area contributed by atoms with Crippen LogP contribution >= 0.6 is 0 Å². The third-order valence-corrected chi connectivity index (χ3v) is 13.9. The van der Waals surface area contributed by atoms with Crippen molar-refractivity contribution in [2.24, 2.45) is 0 Å². The maximum Gasteiger partial charge on any atom is 0.336 e. The van der Waals surface area contributed by atoms with Crippen molar-refractivity contribution in [1.29, 1.82) is 0 Å². The highest BCUT2D eigenvalue weighted by atomic mass is 127. The molecule has 0 saturated carbocycles. The smallest absolute Gasteiger partial charge is 0.336 e. The van der Waals surface area contributed by atoms with E-state index in [9.17, 15) is 18.0 Å². The maximum atomic E-state index is 13.5. The number of hydrogen-bond acceptors (Lipinski definition) is 7. The van der Waals surface area contributed by atoms with E-state index in [1.165, 1.54) is 12.1 Å². The zero-order valence-electron chi connectivity index (χ0n) is 21.1. The average Bonchev–Trinajstić information content (AvgIpc) is 3.00. The highest BCUT2D eigenvalue weighted by Crippen LogP contribution is 2.19. The fourth-order valence-corrected chi connectivity index (χ4v) is 11.8. The summed E-state index contributed by atoms with van der Waals surface area (Å²) >= 11 is -3.32. The molecule has 2 heterocycles. The van der Waals surface area contributed by atoms with Gasteiger partial charge in [-0.2, -0.15) is 8.42 Å². The van der Waals surface area contributed by atoms with Gasteiger partial charge in [-0.05, 0) is 63.2 Å². The largest absolute Gasteiger partial charge is 0.456 e. The lowest BCUT2D eigenvalue weighted by Crippen LogP contribution is -3.85. The minimum Gasteiger partial charge on any atom is -0.456 e. The summed E-state index contributed by atoms with van der Waals surface area (Å²) in [5.41, 5.74) is 1.23. The monoisotopic (exact) mass is 674 g/mol. The Labute approximate surface area is 240 Å². The van der Waals surface area contributed by atoms with Crippen molar-refractivity contribution < 1.29 is 40.0 Å². The van der Waals surface area contributed by atoms with E-state index in [0.717, 1.165) is 0 Å². The zero-order valence-corrected chi connectivity index (χ0v) is 24.1. The molecular formula is C32H19IO7S+. The van der Waals surface area contributed by atoms with Crippen LogP contribution in [0.2, 0.25) is 0 Å². The standard InChI is InChI=1S/C32H19IO7S/c34-31-23-10-4-6-12-27(23)38-29-16-14-20(18-25(29)31)33(40-41(36,37)22-8-2-1-3-9-22)21-15-17-30-26(19-21)32(35)24-11-5-7-13-28(24)39-30/h1-19H/q+1. The fourth-order valence-electron chi connectivity index (χ4n) is 4.67. The first-order valence-corrected chi connectivity index (χ1v) is 16.9. The molecule has 2 aromatic heterocycles. The molecule has 0 N–H and O–H groups in total. The number of fused-ring (bicyclic) bond motifs is 4. The molecule has 0 amide bonds. The van der Waals surface area contributed by atoms with Crippen LogP contribution < -0.4 is 31.1 Å². The molecule has 0 aliphatic rings. The summed E-state index contributed by atoms with van der Waals surface area (Å²) in [4.78, 5) is 26.8. The normalized spacial score (nSPS) is 12.1. The topological polar surface area (TPSA) is 104 Å². The molecule has 201 valence electrons. The van der Waals surface area contributed by atoms with Crippen LogP contribution in [0.1, 0.15) is 0 Å². The summed E-state index contributed by atoms with van der Waals surface area (Å²) < 4.78 is 45.9. The number of hydrogen-bond donors (Lipinski definition) is 0. The Kier molecular flexibility index (Phi) is 6.22. The molecule has 0 spiro atoms. The van der Waals surface area contributed by atoms with E-state index in [4.69, 9.17) is 11.3 Å².